The van der Waals surface area contributed by atoms with E-state index < -0.39 is 11.8 Å². The second-order valence-corrected chi connectivity index (χ2v) is 4.37. The van der Waals surface area contributed by atoms with Crippen molar-refractivity contribution in [1.29, 1.82) is 5.26 Å². The third kappa shape index (κ3) is 7.83. The largest absolute Gasteiger partial charge is 0.528 e. The van der Waals surface area contributed by atoms with E-state index in [9.17, 15) is 4.79 Å². The van der Waals surface area contributed by atoms with Crippen LogP contribution < -0.4 is 0 Å². The van der Waals surface area contributed by atoms with Crippen molar-refractivity contribution in [3.63, 3.8) is 0 Å². The quantitative estimate of drug-likeness (QED) is 0.418. The van der Waals surface area contributed by atoms with E-state index in [2.05, 4.69) is 6.58 Å². The maximum absolute atomic E-state index is 11.2. The first-order chi connectivity index (χ1) is 7.24. The summed E-state index contributed by atoms with van der Waals surface area (Å²) in [6, 6.07) is 1.92. The van der Waals surface area contributed by atoms with Gasteiger partial charge in [0.05, 0.1) is 6.07 Å². The summed E-state index contributed by atoms with van der Waals surface area (Å²) in [4.78, 5) is 16.1. The lowest BCUT2D eigenvalue weighted by atomic mass is 10.2. The molecule has 0 aromatic rings. The topological polar surface area (TPSA) is 62.6 Å². The van der Waals surface area contributed by atoms with Gasteiger partial charge in [0.2, 0.25) is 0 Å². The van der Waals surface area contributed by atoms with E-state index in [1.807, 2.05) is 6.07 Å². The van der Waals surface area contributed by atoms with E-state index in [1.54, 1.807) is 27.8 Å². The van der Waals surface area contributed by atoms with Crippen molar-refractivity contribution in [3.05, 3.63) is 12.2 Å². The Labute approximate surface area is 96.2 Å². The molecule has 0 heterocycles. The van der Waals surface area contributed by atoms with Gasteiger partial charge in [-0.15, -0.1) is 5.06 Å². The fraction of sp³-hybridized carbons (Fsp3) is 0.636. The molecule has 5 heteroatoms. The lowest BCUT2D eigenvalue weighted by Gasteiger charge is -2.21. The summed E-state index contributed by atoms with van der Waals surface area (Å²) in [7, 11) is 1.59. The standard InChI is InChI=1S/C11H18N2O3/c1-9(8-12)6-7-13(5)16-10(14)15-11(2,3)4/h1,6-7H2,2-5H3. The predicted octanol–water partition coefficient (Wildman–Crippen LogP) is 2.25. The summed E-state index contributed by atoms with van der Waals surface area (Å²) in [6.07, 6.45) is -0.298. The van der Waals surface area contributed by atoms with Gasteiger partial charge in [0.25, 0.3) is 0 Å². The van der Waals surface area contributed by atoms with Crippen LogP contribution in [0.15, 0.2) is 12.2 Å². The van der Waals surface area contributed by atoms with E-state index in [4.69, 9.17) is 14.8 Å². The highest BCUT2D eigenvalue weighted by molar-refractivity contribution is 5.60. The van der Waals surface area contributed by atoms with Crippen LogP contribution in [-0.4, -0.2) is 30.4 Å². The number of hydrogen-bond acceptors (Lipinski definition) is 5. The molecule has 0 saturated heterocycles. The Balaban J connectivity index is 3.89. The molecule has 0 rings (SSSR count). The van der Waals surface area contributed by atoms with E-state index in [0.717, 1.165) is 0 Å². The summed E-state index contributed by atoms with van der Waals surface area (Å²) in [5, 5.41) is 9.80. The van der Waals surface area contributed by atoms with Crippen LogP contribution in [-0.2, 0) is 9.57 Å². The minimum atomic E-state index is -0.752. The van der Waals surface area contributed by atoms with E-state index in [-0.39, 0.29) is 0 Å². The van der Waals surface area contributed by atoms with E-state index in [1.165, 1.54) is 5.06 Å². The average molecular weight is 226 g/mol. The maximum atomic E-state index is 11.2. The summed E-state index contributed by atoms with van der Waals surface area (Å²) in [5.41, 5.74) is -0.131. The maximum Gasteiger partial charge on any atom is 0.528 e. The molecule has 0 fully saturated rings. The Hall–Kier alpha value is -1.54. The Kier molecular flexibility index (Phi) is 5.54. The molecule has 0 bridgehead atoms. The zero-order valence-electron chi connectivity index (χ0n) is 10.2. The molecule has 0 unspecified atom stereocenters. The van der Waals surface area contributed by atoms with E-state index >= 15 is 0 Å². The molecule has 16 heavy (non-hydrogen) atoms. The van der Waals surface area contributed by atoms with Crippen molar-refractivity contribution in [1.82, 2.24) is 5.06 Å². The van der Waals surface area contributed by atoms with Crippen LogP contribution >= 0.6 is 0 Å². The van der Waals surface area contributed by atoms with Gasteiger partial charge in [0.15, 0.2) is 0 Å². The second-order valence-electron chi connectivity index (χ2n) is 4.37. The first-order valence-electron chi connectivity index (χ1n) is 4.94. The summed E-state index contributed by atoms with van der Waals surface area (Å²) in [6.45, 7) is 9.20. The van der Waals surface area contributed by atoms with Crippen LogP contribution in [0.25, 0.3) is 0 Å². The summed E-state index contributed by atoms with van der Waals surface area (Å²) < 4.78 is 4.95. The average Bonchev–Trinajstić information content (AvgIpc) is 2.10. The molecule has 0 aliphatic heterocycles. The van der Waals surface area contributed by atoms with Gasteiger partial charge in [0.1, 0.15) is 5.60 Å². The fourth-order valence-electron chi connectivity index (χ4n) is 0.790. The number of hydrogen-bond donors (Lipinski definition) is 0. The molecule has 0 spiro atoms. The molecule has 0 aromatic carbocycles. The highest BCUT2D eigenvalue weighted by Gasteiger charge is 2.19. The van der Waals surface area contributed by atoms with Crippen LogP contribution in [0.5, 0.6) is 0 Å². The molecule has 0 saturated carbocycles. The fourth-order valence-corrected chi connectivity index (χ4v) is 0.790. The molecule has 0 aromatic heterocycles. The van der Waals surface area contributed by atoms with Gasteiger partial charge >= 0.3 is 6.16 Å². The van der Waals surface area contributed by atoms with Gasteiger partial charge in [-0.1, -0.05) is 6.58 Å². The first-order valence-corrected chi connectivity index (χ1v) is 4.94. The molecule has 0 atom stereocenters. The van der Waals surface area contributed by atoms with Crippen molar-refractivity contribution in [2.75, 3.05) is 13.6 Å². The summed E-state index contributed by atoms with van der Waals surface area (Å²) >= 11 is 0. The van der Waals surface area contributed by atoms with E-state index in [0.29, 0.717) is 18.5 Å². The third-order valence-electron chi connectivity index (χ3n) is 1.51. The highest BCUT2D eigenvalue weighted by Crippen LogP contribution is 2.09. The zero-order valence-corrected chi connectivity index (χ0v) is 10.2. The molecule has 0 N–H and O–H groups in total. The van der Waals surface area contributed by atoms with Crippen LogP contribution in [0.2, 0.25) is 0 Å². The zero-order chi connectivity index (χ0) is 12.8. The van der Waals surface area contributed by atoms with Gasteiger partial charge in [-0.2, -0.15) is 5.26 Å². The number of nitrogens with zero attached hydrogens (tertiary/aromatic N) is 2. The highest BCUT2D eigenvalue weighted by atomic mass is 16.8. The molecule has 90 valence electrons. The van der Waals surface area contributed by atoms with Crippen molar-refractivity contribution in [3.8, 4) is 6.07 Å². The third-order valence-corrected chi connectivity index (χ3v) is 1.51. The molecule has 0 amide bonds. The lowest BCUT2D eigenvalue weighted by Crippen LogP contribution is -2.30. The smallest absolute Gasteiger partial charge is 0.427 e. The van der Waals surface area contributed by atoms with Gasteiger partial charge in [-0.05, 0) is 27.2 Å². The first kappa shape index (κ1) is 14.5. The van der Waals surface area contributed by atoms with Crippen LogP contribution in [0.3, 0.4) is 0 Å². The van der Waals surface area contributed by atoms with Crippen molar-refractivity contribution in [2.45, 2.75) is 32.8 Å². The molecular weight excluding hydrogens is 208 g/mol. The number of nitriles is 1. The normalized spacial score (nSPS) is 10.8. The molecule has 0 radical (unpaired) electrons. The summed E-state index contributed by atoms with van der Waals surface area (Å²) in [5.74, 6) is 0. The number of hydroxylamine groups is 2. The van der Waals surface area contributed by atoms with Crippen LogP contribution in [0.1, 0.15) is 27.2 Å². The predicted molar refractivity (Wildman–Crippen MR) is 59.3 cm³/mol. The van der Waals surface area contributed by atoms with Gasteiger partial charge < -0.3 is 9.57 Å². The monoisotopic (exact) mass is 226 g/mol. The second kappa shape index (κ2) is 6.13. The molecule has 0 aliphatic rings. The van der Waals surface area contributed by atoms with Gasteiger partial charge in [-0.3, -0.25) is 0 Å². The molecular formula is C11H18N2O3. The number of rotatable bonds is 4. The minimum Gasteiger partial charge on any atom is -0.427 e. The van der Waals surface area contributed by atoms with Gasteiger partial charge in [-0.25, -0.2) is 4.79 Å². The number of carbonyl (C=O) groups excluding carboxylic acids is 1. The van der Waals surface area contributed by atoms with Crippen LogP contribution in [0, 0.1) is 11.3 Å². The van der Waals surface area contributed by atoms with Gasteiger partial charge in [0, 0.05) is 19.2 Å². The Morgan fingerprint density at radius 2 is 2.06 bits per heavy atom. The number of ether oxygens (including phenoxy) is 1. The minimum absolute atomic E-state index is 0.408. The number of carbonyl (C=O) groups is 1. The Morgan fingerprint density at radius 3 is 2.50 bits per heavy atom. The molecule has 5 nitrogen and oxygen atoms in total. The van der Waals surface area contributed by atoms with Crippen molar-refractivity contribution >= 4 is 6.16 Å². The van der Waals surface area contributed by atoms with Crippen molar-refractivity contribution < 1.29 is 14.4 Å². The SMILES string of the molecule is C=C(C#N)CCN(C)OC(=O)OC(C)(C)C. The Bertz CT molecular complexity index is 299. The lowest BCUT2D eigenvalue weighted by molar-refractivity contribution is -0.126. The Morgan fingerprint density at radius 1 is 1.50 bits per heavy atom. The molecule has 0 aliphatic carbocycles. The van der Waals surface area contributed by atoms with Crippen molar-refractivity contribution in [2.24, 2.45) is 0 Å². The van der Waals surface area contributed by atoms with Crippen LogP contribution in [0.4, 0.5) is 4.79 Å².